The molecule has 1 saturated heterocycles. The fourth-order valence-corrected chi connectivity index (χ4v) is 3.00. The second-order valence-corrected chi connectivity index (χ2v) is 7.11. The van der Waals surface area contributed by atoms with Gasteiger partial charge in [0.2, 0.25) is 5.91 Å². The number of nitrogens with one attached hydrogen (secondary N) is 1. The summed E-state index contributed by atoms with van der Waals surface area (Å²) >= 11 is 0. The number of hydrazine groups is 1. The van der Waals surface area contributed by atoms with Gasteiger partial charge >= 0.3 is 6.18 Å². The van der Waals surface area contributed by atoms with E-state index in [0.717, 1.165) is 16.3 Å². The van der Waals surface area contributed by atoms with Crippen molar-refractivity contribution in [1.29, 1.82) is 0 Å². The van der Waals surface area contributed by atoms with Crippen LogP contribution in [-0.2, 0) is 11.2 Å². The van der Waals surface area contributed by atoms with Crippen molar-refractivity contribution in [3.8, 4) is 5.75 Å². The van der Waals surface area contributed by atoms with Crippen LogP contribution in [0.5, 0.6) is 5.75 Å². The molecule has 1 aromatic carbocycles. The van der Waals surface area contributed by atoms with Gasteiger partial charge < -0.3 is 4.74 Å². The highest BCUT2D eigenvalue weighted by Gasteiger charge is 2.49. The first-order chi connectivity index (χ1) is 11.6. The Balaban J connectivity index is 1.90. The van der Waals surface area contributed by atoms with E-state index in [1.807, 2.05) is 24.3 Å². The van der Waals surface area contributed by atoms with Gasteiger partial charge in [-0.2, -0.15) is 13.2 Å². The minimum absolute atomic E-state index is 0.0379. The molecule has 1 fully saturated rings. The van der Waals surface area contributed by atoms with Crippen molar-refractivity contribution >= 4 is 5.91 Å². The van der Waals surface area contributed by atoms with Crippen molar-refractivity contribution in [3.63, 3.8) is 0 Å². The molecule has 0 saturated carbocycles. The average molecular weight is 358 g/mol. The van der Waals surface area contributed by atoms with Gasteiger partial charge in [0.1, 0.15) is 11.8 Å². The lowest BCUT2D eigenvalue weighted by atomic mass is 9.94. The third-order valence-corrected chi connectivity index (χ3v) is 4.51. The number of amides is 1. The van der Waals surface area contributed by atoms with Crippen molar-refractivity contribution in [2.24, 2.45) is 5.41 Å². The molecule has 0 bridgehead atoms. The highest BCUT2D eigenvalue weighted by Crippen LogP contribution is 2.33. The van der Waals surface area contributed by atoms with Crippen molar-refractivity contribution in [2.75, 3.05) is 13.7 Å². The Morgan fingerprint density at radius 3 is 2.60 bits per heavy atom. The van der Waals surface area contributed by atoms with Crippen LogP contribution in [0, 0.1) is 5.41 Å². The maximum absolute atomic E-state index is 13.4. The van der Waals surface area contributed by atoms with Crippen LogP contribution in [0.3, 0.4) is 0 Å². The Morgan fingerprint density at radius 1 is 1.32 bits per heavy atom. The topological polar surface area (TPSA) is 41.6 Å². The van der Waals surface area contributed by atoms with Crippen molar-refractivity contribution in [1.82, 2.24) is 10.4 Å². The van der Waals surface area contributed by atoms with Crippen molar-refractivity contribution in [3.05, 3.63) is 29.8 Å². The third kappa shape index (κ3) is 5.11. The van der Waals surface area contributed by atoms with E-state index in [4.69, 9.17) is 4.74 Å². The molecule has 1 aliphatic heterocycles. The number of methoxy groups -OCH3 is 1. The minimum Gasteiger partial charge on any atom is -0.497 e. The first-order valence-electron chi connectivity index (χ1n) is 8.41. The zero-order valence-corrected chi connectivity index (χ0v) is 14.8. The van der Waals surface area contributed by atoms with Gasteiger partial charge in [-0.3, -0.25) is 10.2 Å². The Hall–Kier alpha value is -1.76. The smallest absolute Gasteiger partial charge is 0.405 e. The molecule has 1 aliphatic rings. The highest BCUT2D eigenvalue weighted by atomic mass is 19.4. The van der Waals surface area contributed by atoms with E-state index < -0.39 is 17.6 Å². The summed E-state index contributed by atoms with van der Waals surface area (Å²) in [5.41, 5.74) is 2.62. The molecule has 1 aromatic rings. The Labute approximate surface area is 146 Å². The van der Waals surface area contributed by atoms with Crippen LogP contribution < -0.4 is 10.2 Å². The van der Waals surface area contributed by atoms with Gasteiger partial charge in [-0.05, 0) is 50.8 Å². The van der Waals surface area contributed by atoms with E-state index in [-0.39, 0.29) is 18.9 Å². The second kappa shape index (κ2) is 7.64. The number of rotatable bonds is 7. The summed E-state index contributed by atoms with van der Waals surface area (Å²) in [6.45, 7) is 3.36. The fourth-order valence-electron chi connectivity index (χ4n) is 3.00. The maximum Gasteiger partial charge on any atom is 0.405 e. The van der Waals surface area contributed by atoms with Crippen LogP contribution in [0.4, 0.5) is 13.2 Å². The molecule has 0 unspecified atom stereocenters. The summed E-state index contributed by atoms with van der Waals surface area (Å²) in [5.74, 6) is 0.380. The van der Waals surface area contributed by atoms with E-state index in [1.165, 1.54) is 0 Å². The molecule has 1 heterocycles. The average Bonchev–Trinajstić information content (AvgIpc) is 2.79. The summed E-state index contributed by atoms with van der Waals surface area (Å²) < 4.78 is 45.3. The van der Waals surface area contributed by atoms with Crippen LogP contribution in [-0.4, -0.2) is 36.8 Å². The van der Waals surface area contributed by atoms with Crippen molar-refractivity contribution in [2.45, 2.75) is 51.7 Å². The number of ether oxygens (including phenoxy) is 1. The largest absolute Gasteiger partial charge is 0.497 e. The number of alkyl halides is 3. The molecule has 0 aliphatic carbocycles. The number of aryl methyl sites for hydroxylation is 1. The predicted octanol–water partition coefficient (Wildman–Crippen LogP) is 3.71. The first-order valence-corrected chi connectivity index (χ1v) is 8.41. The second-order valence-electron chi connectivity index (χ2n) is 7.11. The molecular formula is C18H25F3N2O2. The van der Waals surface area contributed by atoms with Crippen LogP contribution >= 0.6 is 0 Å². The summed E-state index contributed by atoms with van der Waals surface area (Å²) in [6, 6.07) is 5.89. The van der Waals surface area contributed by atoms with Gasteiger partial charge in [-0.15, -0.1) is 0 Å². The molecule has 1 amide bonds. The monoisotopic (exact) mass is 358 g/mol. The lowest BCUT2D eigenvalue weighted by Gasteiger charge is -2.29. The normalized spacial score (nSPS) is 18.9. The standard InChI is InChI=1S/C18H25F3N2O2/c1-17(2)12-23(22-16(17)24)15(18(19,20)21)10-5-4-7-13-8-6-9-14(11-13)25-3/h6,8-9,11,15H,4-5,7,10,12H2,1-3H3,(H,22,24)/t15-/m0/s1. The Morgan fingerprint density at radius 2 is 2.04 bits per heavy atom. The number of nitrogens with zero attached hydrogens (tertiary/aromatic N) is 1. The number of hydrogen-bond donors (Lipinski definition) is 1. The van der Waals surface area contributed by atoms with Gasteiger partial charge in [-0.25, -0.2) is 5.01 Å². The number of benzene rings is 1. The van der Waals surface area contributed by atoms with E-state index >= 15 is 0 Å². The molecule has 7 heteroatoms. The molecule has 0 aromatic heterocycles. The van der Waals surface area contributed by atoms with Gasteiger partial charge in [0.05, 0.1) is 12.5 Å². The number of hydrogen-bond acceptors (Lipinski definition) is 3. The first kappa shape index (κ1) is 19.6. The summed E-state index contributed by atoms with van der Waals surface area (Å²) in [5, 5.41) is 1.05. The summed E-state index contributed by atoms with van der Waals surface area (Å²) in [6.07, 6.45) is -2.65. The number of carbonyl (C=O) groups excluding carboxylic acids is 1. The van der Waals surface area contributed by atoms with Crippen molar-refractivity contribution < 1.29 is 22.7 Å². The minimum atomic E-state index is -4.37. The van der Waals surface area contributed by atoms with E-state index in [9.17, 15) is 18.0 Å². The van der Waals surface area contributed by atoms with Gasteiger partial charge in [0.25, 0.3) is 0 Å². The number of unbranched alkanes of at least 4 members (excludes halogenated alkanes) is 1. The fraction of sp³-hybridized carbons (Fsp3) is 0.611. The quantitative estimate of drug-likeness (QED) is 0.756. The highest BCUT2D eigenvalue weighted by molar-refractivity contribution is 5.83. The SMILES string of the molecule is COc1cccc(CCCC[C@H](N2CC(C)(C)C(=O)N2)C(F)(F)F)c1. The van der Waals surface area contributed by atoms with E-state index in [0.29, 0.717) is 19.3 Å². The summed E-state index contributed by atoms with van der Waals surface area (Å²) in [4.78, 5) is 11.8. The molecule has 4 nitrogen and oxygen atoms in total. The zero-order valence-electron chi connectivity index (χ0n) is 14.8. The number of carbonyl (C=O) groups is 1. The van der Waals surface area contributed by atoms with Crippen LogP contribution in [0.2, 0.25) is 0 Å². The van der Waals surface area contributed by atoms with Crippen LogP contribution in [0.25, 0.3) is 0 Å². The predicted molar refractivity (Wildman–Crippen MR) is 89.0 cm³/mol. The molecule has 0 spiro atoms. The Kier molecular flexibility index (Phi) is 5.98. The molecule has 140 valence electrons. The number of halogens is 3. The van der Waals surface area contributed by atoms with E-state index in [1.54, 1.807) is 21.0 Å². The van der Waals surface area contributed by atoms with Crippen LogP contribution in [0.1, 0.15) is 38.7 Å². The van der Waals surface area contributed by atoms with Gasteiger partial charge in [0, 0.05) is 6.54 Å². The Bertz CT molecular complexity index is 602. The molecule has 2 rings (SSSR count). The molecule has 25 heavy (non-hydrogen) atoms. The van der Waals surface area contributed by atoms with E-state index in [2.05, 4.69) is 5.43 Å². The molecule has 1 N–H and O–H groups in total. The zero-order chi connectivity index (χ0) is 18.7. The molecule has 0 radical (unpaired) electrons. The van der Waals surface area contributed by atoms with Gasteiger partial charge in [0.15, 0.2) is 0 Å². The molecule has 1 atom stereocenters. The van der Waals surface area contributed by atoms with Gasteiger partial charge in [-0.1, -0.05) is 18.6 Å². The lowest BCUT2D eigenvalue weighted by Crippen LogP contribution is -2.49. The molecular weight excluding hydrogens is 333 g/mol. The maximum atomic E-state index is 13.4. The summed E-state index contributed by atoms with van der Waals surface area (Å²) in [7, 11) is 1.58. The third-order valence-electron chi connectivity index (χ3n) is 4.51. The van der Waals surface area contributed by atoms with Crippen LogP contribution in [0.15, 0.2) is 24.3 Å². The lowest BCUT2D eigenvalue weighted by molar-refractivity contribution is -0.190.